The minimum absolute atomic E-state index is 0.147. The van der Waals surface area contributed by atoms with Crippen molar-refractivity contribution in [2.24, 2.45) is 5.73 Å². The zero-order valence-electron chi connectivity index (χ0n) is 10.7. The fraction of sp³-hybridized carbons (Fsp3) is 0.308. The van der Waals surface area contributed by atoms with Crippen LogP contribution >= 0.6 is 11.6 Å². The van der Waals surface area contributed by atoms with Crippen LogP contribution in [0.15, 0.2) is 24.8 Å². The van der Waals surface area contributed by atoms with Crippen LogP contribution in [-0.4, -0.2) is 26.2 Å². The molecule has 1 rings (SSSR count). The van der Waals surface area contributed by atoms with E-state index in [1.165, 1.54) is 7.11 Å². The first-order valence-electron chi connectivity index (χ1n) is 5.69. The first kappa shape index (κ1) is 15.3. The molecule has 19 heavy (non-hydrogen) atoms. The third kappa shape index (κ3) is 4.46. The molecule has 0 radical (unpaired) electrons. The molecule has 5 nitrogen and oxygen atoms in total. The number of benzene rings is 1. The Morgan fingerprint density at radius 2 is 2.32 bits per heavy atom. The Bertz CT molecular complexity index is 463. The van der Waals surface area contributed by atoms with Gasteiger partial charge in [-0.3, -0.25) is 4.79 Å². The summed E-state index contributed by atoms with van der Waals surface area (Å²) in [6, 6.07) is 3.41. The van der Waals surface area contributed by atoms with E-state index in [9.17, 15) is 4.79 Å². The fourth-order valence-corrected chi connectivity index (χ4v) is 1.69. The molecule has 0 atom stereocenters. The van der Waals surface area contributed by atoms with Crippen LogP contribution in [-0.2, 0) is 11.3 Å². The van der Waals surface area contributed by atoms with E-state index in [-0.39, 0.29) is 12.5 Å². The largest absolute Gasteiger partial charge is 0.493 e. The van der Waals surface area contributed by atoms with Crippen LogP contribution in [0, 0.1) is 0 Å². The summed E-state index contributed by atoms with van der Waals surface area (Å²) < 4.78 is 10.5. The smallest absolute Gasteiger partial charge is 0.258 e. The third-order valence-corrected chi connectivity index (χ3v) is 2.60. The van der Waals surface area contributed by atoms with Gasteiger partial charge in [0.05, 0.1) is 12.1 Å². The predicted molar refractivity (Wildman–Crippen MR) is 74.6 cm³/mol. The zero-order chi connectivity index (χ0) is 14.3. The van der Waals surface area contributed by atoms with Gasteiger partial charge in [0, 0.05) is 13.1 Å². The lowest BCUT2D eigenvalue weighted by molar-refractivity contribution is -0.122. The first-order valence-corrected chi connectivity index (χ1v) is 6.07. The molecule has 0 saturated heterocycles. The van der Waals surface area contributed by atoms with Gasteiger partial charge in [0.15, 0.2) is 18.1 Å². The summed E-state index contributed by atoms with van der Waals surface area (Å²) in [6.07, 6.45) is 1.58. The van der Waals surface area contributed by atoms with E-state index < -0.39 is 0 Å². The Labute approximate surface area is 117 Å². The maximum absolute atomic E-state index is 11.4. The molecule has 104 valence electrons. The van der Waals surface area contributed by atoms with Gasteiger partial charge in [0.1, 0.15) is 0 Å². The maximum atomic E-state index is 11.4. The summed E-state index contributed by atoms with van der Waals surface area (Å²) in [7, 11) is 1.50. The first-order chi connectivity index (χ1) is 9.12. The van der Waals surface area contributed by atoms with Crippen molar-refractivity contribution < 1.29 is 14.3 Å². The Morgan fingerprint density at radius 1 is 1.58 bits per heavy atom. The van der Waals surface area contributed by atoms with Crippen LogP contribution in [0.5, 0.6) is 11.5 Å². The van der Waals surface area contributed by atoms with Gasteiger partial charge in [-0.2, -0.15) is 0 Å². The van der Waals surface area contributed by atoms with Gasteiger partial charge >= 0.3 is 0 Å². The summed E-state index contributed by atoms with van der Waals surface area (Å²) >= 11 is 6.07. The molecule has 1 aromatic rings. The molecule has 0 aliphatic carbocycles. The molecule has 1 amide bonds. The average Bonchev–Trinajstić information content (AvgIpc) is 2.42. The highest BCUT2D eigenvalue weighted by Crippen LogP contribution is 2.36. The van der Waals surface area contributed by atoms with Gasteiger partial charge in [-0.1, -0.05) is 17.7 Å². The molecule has 0 spiro atoms. The molecular weight excluding hydrogens is 268 g/mol. The van der Waals surface area contributed by atoms with Gasteiger partial charge in [0.25, 0.3) is 5.91 Å². The lowest BCUT2D eigenvalue weighted by Crippen LogP contribution is -2.28. The molecule has 3 N–H and O–H groups in total. The number of carbonyl (C=O) groups is 1. The number of hydrogen-bond acceptors (Lipinski definition) is 4. The number of rotatable bonds is 7. The molecule has 0 bridgehead atoms. The predicted octanol–water partition coefficient (Wildman–Crippen LogP) is 1.49. The number of nitrogens with one attached hydrogen (secondary N) is 1. The maximum Gasteiger partial charge on any atom is 0.258 e. The third-order valence-electron chi connectivity index (χ3n) is 2.32. The highest BCUT2D eigenvalue weighted by atomic mass is 35.5. The van der Waals surface area contributed by atoms with Crippen molar-refractivity contribution in [1.82, 2.24) is 5.32 Å². The summed E-state index contributed by atoms with van der Waals surface area (Å²) in [5.74, 6) is 0.514. The van der Waals surface area contributed by atoms with Crippen LogP contribution < -0.4 is 20.5 Å². The second-order valence-corrected chi connectivity index (χ2v) is 4.10. The molecule has 0 aromatic heterocycles. The second-order valence-electron chi connectivity index (χ2n) is 3.69. The van der Waals surface area contributed by atoms with E-state index in [2.05, 4.69) is 11.9 Å². The Hall–Kier alpha value is -1.72. The molecule has 0 saturated carbocycles. The van der Waals surface area contributed by atoms with E-state index in [0.717, 1.165) is 5.56 Å². The van der Waals surface area contributed by atoms with E-state index >= 15 is 0 Å². The van der Waals surface area contributed by atoms with Crippen LogP contribution in [0.2, 0.25) is 5.02 Å². The van der Waals surface area contributed by atoms with Crippen molar-refractivity contribution >= 4 is 17.5 Å². The molecule has 1 aromatic carbocycles. The normalized spacial score (nSPS) is 9.84. The summed E-state index contributed by atoms with van der Waals surface area (Å²) in [6.45, 7) is 4.09. The van der Waals surface area contributed by atoms with E-state index in [0.29, 0.717) is 29.6 Å². The monoisotopic (exact) mass is 284 g/mol. The number of nitrogens with two attached hydrogens (primary N) is 1. The summed E-state index contributed by atoms with van der Waals surface area (Å²) in [5, 5.41) is 2.95. The van der Waals surface area contributed by atoms with Crippen LogP contribution in [0.25, 0.3) is 0 Å². The average molecular weight is 285 g/mol. The second kappa shape index (κ2) is 7.66. The van der Waals surface area contributed by atoms with Gasteiger partial charge in [-0.15, -0.1) is 6.58 Å². The molecule has 0 heterocycles. The van der Waals surface area contributed by atoms with E-state index in [1.54, 1.807) is 18.2 Å². The van der Waals surface area contributed by atoms with Crippen molar-refractivity contribution in [2.45, 2.75) is 6.54 Å². The Kier molecular flexibility index (Phi) is 6.18. The molecule has 0 unspecified atom stereocenters. The fourth-order valence-electron chi connectivity index (χ4n) is 1.41. The molecular formula is C13H17ClN2O3. The quantitative estimate of drug-likeness (QED) is 0.744. The van der Waals surface area contributed by atoms with Crippen LogP contribution in [0.1, 0.15) is 5.56 Å². The van der Waals surface area contributed by atoms with Crippen molar-refractivity contribution in [1.29, 1.82) is 0 Å². The number of hydrogen-bond donors (Lipinski definition) is 2. The zero-order valence-corrected chi connectivity index (χ0v) is 11.5. The van der Waals surface area contributed by atoms with E-state index in [4.69, 9.17) is 26.8 Å². The van der Waals surface area contributed by atoms with Crippen molar-refractivity contribution in [3.8, 4) is 11.5 Å². The van der Waals surface area contributed by atoms with Gasteiger partial charge in [-0.25, -0.2) is 0 Å². The van der Waals surface area contributed by atoms with Crippen molar-refractivity contribution in [3.63, 3.8) is 0 Å². The lowest BCUT2D eigenvalue weighted by Gasteiger charge is -2.13. The number of amides is 1. The highest BCUT2D eigenvalue weighted by molar-refractivity contribution is 6.32. The van der Waals surface area contributed by atoms with Gasteiger partial charge < -0.3 is 20.5 Å². The van der Waals surface area contributed by atoms with Crippen LogP contribution in [0.4, 0.5) is 0 Å². The SMILES string of the molecule is C=CCNC(=O)COc1c(Cl)cc(CN)cc1OC. The Morgan fingerprint density at radius 3 is 2.89 bits per heavy atom. The molecule has 0 fully saturated rings. The lowest BCUT2D eigenvalue weighted by atomic mass is 10.2. The standard InChI is InChI=1S/C13H17ClN2O3/c1-3-4-16-12(17)8-19-13-10(14)5-9(7-15)6-11(13)18-2/h3,5-6H,1,4,7-8,15H2,2H3,(H,16,17). The van der Waals surface area contributed by atoms with Crippen LogP contribution in [0.3, 0.4) is 0 Å². The summed E-state index contributed by atoms with van der Waals surface area (Å²) in [5.41, 5.74) is 6.37. The molecule has 6 heteroatoms. The van der Waals surface area contributed by atoms with Gasteiger partial charge in [-0.05, 0) is 17.7 Å². The number of carbonyl (C=O) groups excluding carboxylic acids is 1. The number of halogens is 1. The van der Waals surface area contributed by atoms with Crippen molar-refractivity contribution in [3.05, 3.63) is 35.4 Å². The van der Waals surface area contributed by atoms with Gasteiger partial charge in [0.2, 0.25) is 0 Å². The minimum Gasteiger partial charge on any atom is -0.493 e. The minimum atomic E-state index is -0.263. The van der Waals surface area contributed by atoms with Crippen molar-refractivity contribution in [2.75, 3.05) is 20.3 Å². The van der Waals surface area contributed by atoms with E-state index in [1.807, 2.05) is 0 Å². The molecule has 0 aliphatic heterocycles. The highest BCUT2D eigenvalue weighted by Gasteiger charge is 2.13. The Balaban J connectivity index is 2.77. The topological polar surface area (TPSA) is 73.6 Å². The number of ether oxygens (including phenoxy) is 2. The number of methoxy groups -OCH3 is 1. The molecule has 0 aliphatic rings. The summed E-state index contributed by atoms with van der Waals surface area (Å²) in [4.78, 5) is 11.4.